The van der Waals surface area contributed by atoms with Crippen molar-refractivity contribution in [3.8, 4) is 11.8 Å². The predicted octanol–water partition coefficient (Wildman–Crippen LogP) is 4.35. The van der Waals surface area contributed by atoms with Gasteiger partial charge in [0, 0.05) is 6.42 Å². The van der Waals surface area contributed by atoms with E-state index < -0.39 is 0 Å². The molecular weight excluding hydrogens is 222 g/mol. The summed E-state index contributed by atoms with van der Waals surface area (Å²) in [5.74, 6) is 0.957. The fourth-order valence-electron chi connectivity index (χ4n) is 2.11. The molecule has 1 aromatic rings. The zero-order chi connectivity index (χ0) is 13.4. The molecule has 1 rings (SSSR count). The van der Waals surface area contributed by atoms with Gasteiger partial charge in [0.15, 0.2) is 0 Å². The molecule has 0 heterocycles. The Hall–Kier alpha value is -1.49. The fraction of sp³-hybridized carbons (Fsp3) is 0.562. The summed E-state index contributed by atoms with van der Waals surface area (Å²) >= 11 is 0. The van der Waals surface area contributed by atoms with Gasteiger partial charge in [-0.3, -0.25) is 0 Å². The minimum Gasteiger partial charge on any atom is -0.493 e. The molecule has 98 valence electrons. The first-order valence-corrected chi connectivity index (χ1v) is 6.83. The van der Waals surface area contributed by atoms with Gasteiger partial charge in [0.05, 0.1) is 18.1 Å². The first-order chi connectivity index (χ1) is 8.71. The lowest BCUT2D eigenvalue weighted by molar-refractivity contribution is 0.230. The molecule has 0 spiro atoms. The Morgan fingerprint density at radius 2 is 1.83 bits per heavy atom. The molecule has 0 saturated heterocycles. The van der Waals surface area contributed by atoms with Gasteiger partial charge < -0.3 is 4.74 Å². The van der Waals surface area contributed by atoms with E-state index in [0.717, 1.165) is 31.4 Å². The molecule has 2 nitrogen and oxygen atoms in total. The van der Waals surface area contributed by atoms with Crippen LogP contribution in [0, 0.1) is 16.7 Å². The second-order valence-corrected chi connectivity index (χ2v) is 4.66. The summed E-state index contributed by atoms with van der Waals surface area (Å²) in [7, 11) is 0. The summed E-state index contributed by atoms with van der Waals surface area (Å²) in [6.07, 6.45) is 3.55. The van der Waals surface area contributed by atoms with E-state index in [0.29, 0.717) is 6.61 Å². The zero-order valence-electron chi connectivity index (χ0n) is 11.7. The van der Waals surface area contributed by atoms with Crippen molar-refractivity contribution in [1.82, 2.24) is 0 Å². The van der Waals surface area contributed by atoms with Gasteiger partial charge >= 0.3 is 0 Å². The topological polar surface area (TPSA) is 33.0 Å². The van der Waals surface area contributed by atoms with Crippen LogP contribution < -0.4 is 4.74 Å². The Morgan fingerprint density at radius 3 is 2.39 bits per heavy atom. The number of hydrogen-bond donors (Lipinski definition) is 0. The standard InChI is InChI=1S/C16H23NO/c1-4-14-9-7-8-10-15(14)18-12-11-16(5-2,6-3)13-17/h7-10H,4-6,11-12H2,1-3H3. The van der Waals surface area contributed by atoms with E-state index in [2.05, 4.69) is 32.9 Å². The molecule has 0 bridgehead atoms. The first kappa shape index (κ1) is 14.6. The van der Waals surface area contributed by atoms with Crippen LogP contribution >= 0.6 is 0 Å². The molecule has 18 heavy (non-hydrogen) atoms. The molecule has 0 saturated carbocycles. The molecule has 0 aliphatic carbocycles. The second kappa shape index (κ2) is 7.06. The van der Waals surface area contributed by atoms with Crippen molar-refractivity contribution in [3.05, 3.63) is 29.8 Å². The maximum Gasteiger partial charge on any atom is 0.122 e. The third-order valence-electron chi connectivity index (χ3n) is 3.78. The Balaban J connectivity index is 2.58. The van der Waals surface area contributed by atoms with Crippen LogP contribution in [0.1, 0.15) is 45.6 Å². The van der Waals surface area contributed by atoms with Crippen LogP contribution in [0.25, 0.3) is 0 Å². The second-order valence-electron chi connectivity index (χ2n) is 4.66. The van der Waals surface area contributed by atoms with E-state index in [-0.39, 0.29) is 5.41 Å². The molecule has 0 radical (unpaired) electrons. The number of ether oxygens (including phenoxy) is 1. The summed E-state index contributed by atoms with van der Waals surface area (Å²) in [5.41, 5.74) is 1.01. The number of para-hydroxylation sites is 1. The van der Waals surface area contributed by atoms with Crippen LogP contribution in [0.2, 0.25) is 0 Å². The molecule has 0 aliphatic rings. The van der Waals surface area contributed by atoms with Crippen LogP contribution in [-0.2, 0) is 6.42 Å². The van der Waals surface area contributed by atoms with Crippen LogP contribution in [0.15, 0.2) is 24.3 Å². The van der Waals surface area contributed by atoms with Gasteiger partial charge in [0.1, 0.15) is 5.75 Å². The third-order valence-corrected chi connectivity index (χ3v) is 3.78. The van der Waals surface area contributed by atoms with Gasteiger partial charge in [0.25, 0.3) is 0 Å². The Bertz CT molecular complexity index is 402. The van der Waals surface area contributed by atoms with Gasteiger partial charge in [-0.1, -0.05) is 39.0 Å². The highest BCUT2D eigenvalue weighted by molar-refractivity contribution is 5.33. The highest BCUT2D eigenvalue weighted by atomic mass is 16.5. The van der Waals surface area contributed by atoms with Crippen molar-refractivity contribution in [2.75, 3.05) is 6.61 Å². The van der Waals surface area contributed by atoms with Crippen LogP contribution in [0.3, 0.4) is 0 Å². The van der Waals surface area contributed by atoms with E-state index in [9.17, 15) is 5.26 Å². The summed E-state index contributed by atoms with van der Waals surface area (Å²) in [4.78, 5) is 0. The minimum absolute atomic E-state index is 0.221. The van der Waals surface area contributed by atoms with Crippen molar-refractivity contribution in [2.45, 2.75) is 46.5 Å². The summed E-state index contributed by atoms with van der Waals surface area (Å²) in [5, 5.41) is 9.27. The summed E-state index contributed by atoms with van der Waals surface area (Å²) < 4.78 is 5.84. The predicted molar refractivity (Wildman–Crippen MR) is 74.6 cm³/mol. The van der Waals surface area contributed by atoms with Crippen molar-refractivity contribution in [2.24, 2.45) is 5.41 Å². The van der Waals surface area contributed by atoms with Gasteiger partial charge in [-0.05, 0) is 30.9 Å². The van der Waals surface area contributed by atoms with Crippen LogP contribution in [0.5, 0.6) is 5.75 Å². The number of nitrogens with zero attached hydrogens (tertiary/aromatic N) is 1. The molecule has 0 amide bonds. The highest BCUT2D eigenvalue weighted by Gasteiger charge is 2.25. The molecule has 0 N–H and O–H groups in total. The van der Waals surface area contributed by atoms with Crippen molar-refractivity contribution >= 4 is 0 Å². The normalized spacial score (nSPS) is 11.0. The monoisotopic (exact) mass is 245 g/mol. The molecule has 1 aromatic carbocycles. The lowest BCUT2D eigenvalue weighted by Crippen LogP contribution is -2.20. The first-order valence-electron chi connectivity index (χ1n) is 6.83. The number of hydrogen-bond acceptors (Lipinski definition) is 2. The van der Waals surface area contributed by atoms with E-state index in [1.54, 1.807) is 0 Å². The average molecular weight is 245 g/mol. The molecule has 2 heteroatoms. The molecule has 0 atom stereocenters. The number of aryl methyl sites for hydroxylation is 1. The van der Waals surface area contributed by atoms with Crippen molar-refractivity contribution in [3.63, 3.8) is 0 Å². The van der Waals surface area contributed by atoms with E-state index in [1.165, 1.54) is 5.56 Å². The molecule has 0 fully saturated rings. The maximum atomic E-state index is 9.27. The van der Waals surface area contributed by atoms with Crippen LogP contribution in [0.4, 0.5) is 0 Å². The largest absolute Gasteiger partial charge is 0.493 e. The number of benzene rings is 1. The highest BCUT2D eigenvalue weighted by Crippen LogP contribution is 2.30. The van der Waals surface area contributed by atoms with Gasteiger partial charge in [-0.2, -0.15) is 5.26 Å². The Labute approximate surface area is 111 Å². The van der Waals surface area contributed by atoms with E-state index >= 15 is 0 Å². The number of rotatable bonds is 7. The SMILES string of the molecule is CCc1ccccc1OCCC(C#N)(CC)CC. The van der Waals surface area contributed by atoms with Gasteiger partial charge in [-0.15, -0.1) is 0 Å². The lowest BCUT2D eigenvalue weighted by Gasteiger charge is -2.23. The van der Waals surface area contributed by atoms with Crippen molar-refractivity contribution < 1.29 is 4.74 Å². The molecular formula is C16H23NO. The Morgan fingerprint density at radius 1 is 1.17 bits per heavy atom. The van der Waals surface area contributed by atoms with E-state index in [4.69, 9.17) is 4.74 Å². The molecule has 0 aliphatic heterocycles. The maximum absolute atomic E-state index is 9.27. The average Bonchev–Trinajstić information content (AvgIpc) is 2.44. The lowest BCUT2D eigenvalue weighted by atomic mass is 9.81. The quantitative estimate of drug-likeness (QED) is 0.715. The molecule has 0 unspecified atom stereocenters. The zero-order valence-corrected chi connectivity index (χ0v) is 11.7. The smallest absolute Gasteiger partial charge is 0.122 e. The Kier molecular flexibility index (Phi) is 5.71. The van der Waals surface area contributed by atoms with E-state index in [1.807, 2.05) is 18.2 Å². The number of nitriles is 1. The third kappa shape index (κ3) is 3.50. The van der Waals surface area contributed by atoms with Gasteiger partial charge in [-0.25, -0.2) is 0 Å². The fourth-order valence-corrected chi connectivity index (χ4v) is 2.11. The summed E-state index contributed by atoms with van der Waals surface area (Å²) in [6, 6.07) is 10.6. The summed E-state index contributed by atoms with van der Waals surface area (Å²) in [6.45, 7) is 6.89. The minimum atomic E-state index is -0.221. The molecule has 0 aromatic heterocycles. The van der Waals surface area contributed by atoms with Crippen molar-refractivity contribution in [1.29, 1.82) is 5.26 Å². The van der Waals surface area contributed by atoms with Gasteiger partial charge in [0.2, 0.25) is 0 Å². The van der Waals surface area contributed by atoms with Crippen LogP contribution in [-0.4, -0.2) is 6.61 Å².